The van der Waals surface area contributed by atoms with Gasteiger partial charge in [-0.05, 0) is 6.07 Å². The molecule has 6 heteroatoms. The van der Waals surface area contributed by atoms with Gasteiger partial charge in [-0.1, -0.05) is 12.1 Å². The van der Waals surface area contributed by atoms with Gasteiger partial charge in [-0.15, -0.1) is 0 Å². The Bertz CT molecular complexity index is 553. The summed E-state index contributed by atoms with van der Waals surface area (Å²) in [4.78, 5) is 4.15. The third-order valence-electron chi connectivity index (χ3n) is 2.72. The summed E-state index contributed by atoms with van der Waals surface area (Å²) in [6, 6.07) is 5.89. The van der Waals surface area contributed by atoms with Crippen molar-refractivity contribution in [3.05, 3.63) is 35.9 Å². The van der Waals surface area contributed by atoms with Crippen LogP contribution in [-0.4, -0.2) is 21.6 Å². The van der Waals surface area contributed by atoms with E-state index in [0.717, 1.165) is 22.9 Å². The van der Waals surface area contributed by atoms with Crippen LogP contribution in [0.1, 0.15) is 11.4 Å². The van der Waals surface area contributed by atoms with Crippen LogP contribution in [0.5, 0.6) is 11.5 Å². The van der Waals surface area contributed by atoms with Crippen molar-refractivity contribution in [3.8, 4) is 11.5 Å². The molecule has 0 atom stereocenters. The van der Waals surface area contributed by atoms with E-state index in [1.807, 2.05) is 25.2 Å². The van der Waals surface area contributed by atoms with E-state index in [4.69, 9.17) is 9.47 Å². The fourth-order valence-corrected chi connectivity index (χ4v) is 1.90. The van der Waals surface area contributed by atoms with Crippen LogP contribution in [-0.2, 0) is 20.1 Å². The molecule has 0 saturated carbocycles. The van der Waals surface area contributed by atoms with Crippen molar-refractivity contribution in [1.29, 1.82) is 0 Å². The summed E-state index contributed by atoms with van der Waals surface area (Å²) in [6.45, 7) is 1.63. The zero-order chi connectivity index (χ0) is 12.4. The van der Waals surface area contributed by atoms with Crippen LogP contribution in [0.4, 0.5) is 0 Å². The van der Waals surface area contributed by atoms with E-state index in [9.17, 15) is 0 Å². The van der Waals surface area contributed by atoms with E-state index >= 15 is 0 Å². The van der Waals surface area contributed by atoms with Gasteiger partial charge in [0, 0.05) is 19.2 Å². The molecule has 0 amide bonds. The zero-order valence-corrected chi connectivity index (χ0v) is 10.1. The van der Waals surface area contributed by atoms with Gasteiger partial charge in [0.2, 0.25) is 6.79 Å². The molecule has 1 N–H and O–H groups in total. The normalized spacial score (nSPS) is 12.9. The molecule has 1 aliphatic rings. The van der Waals surface area contributed by atoms with E-state index < -0.39 is 0 Å². The van der Waals surface area contributed by atoms with Crippen molar-refractivity contribution in [2.24, 2.45) is 7.05 Å². The van der Waals surface area contributed by atoms with Crippen molar-refractivity contribution < 1.29 is 9.47 Å². The Kier molecular flexibility index (Phi) is 2.85. The number of rotatable bonds is 4. The lowest BCUT2D eigenvalue weighted by Crippen LogP contribution is -2.14. The number of para-hydroxylation sites is 1. The van der Waals surface area contributed by atoms with E-state index in [2.05, 4.69) is 15.4 Å². The molecular formula is C12H14N4O2. The molecule has 2 heterocycles. The van der Waals surface area contributed by atoms with Gasteiger partial charge in [-0.25, -0.2) is 4.98 Å². The second-order valence-electron chi connectivity index (χ2n) is 4.09. The Hall–Kier alpha value is -2.08. The molecule has 3 rings (SSSR count). The highest BCUT2D eigenvalue weighted by Gasteiger charge is 2.16. The molecule has 0 aliphatic carbocycles. The topological polar surface area (TPSA) is 61.2 Å². The minimum absolute atomic E-state index is 0.300. The lowest BCUT2D eigenvalue weighted by Gasteiger charge is -2.06. The molecular weight excluding hydrogens is 232 g/mol. The first-order chi connectivity index (χ1) is 8.83. The predicted octanol–water partition coefficient (Wildman–Crippen LogP) is 0.834. The van der Waals surface area contributed by atoms with Gasteiger partial charge in [0.25, 0.3) is 0 Å². The van der Waals surface area contributed by atoms with Crippen LogP contribution in [0.15, 0.2) is 24.5 Å². The molecule has 0 spiro atoms. The Balaban J connectivity index is 1.62. The molecule has 1 aliphatic heterocycles. The van der Waals surface area contributed by atoms with Crippen molar-refractivity contribution in [2.75, 3.05) is 6.79 Å². The molecule has 1 aromatic carbocycles. The number of aromatic nitrogens is 3. The van der Waals surface area contributed by atoms with E-state index in [0.29, 0.717) is 19.9 Å². The van der Waals surface area contributed by atoms with Crippen molar-refractivity contribution in [1.82, 2.24) is 20.1 Å². The van der Waals surface area contributed by atoms with Gasteiger partial charge in [0.1, 0.15) is 6.33 Å². The second kappa shape index (κ2) is 4.66. The molecule has 0 bridgehead atoms. The zero-order valence-electron chi connectivity index (χ0n) is 10.1. The predicted molar refractivity (Wildman–Crippen MR) is 64.1 cm³/mol. The third-order valence-corrected chi connectivity index (χ3v) is 2.72. The Labute approximate surface area is 105 Å². The number of benzene rings is 1. The van der Waals surface area contributed by atoms with Crippen molar-refractivity contribution in [2.45, 2.75) is 13.1 Å². The quantitative estimate of drug-likeness (QED) is 0.866. The summed E-state index contributed by atoms with van der Waals surface area (Å²) in [6.07, 6.45) is 1.69. The fourth-order valence-electron chi connectivity index (χ4n) is 1.90. The van der Waals surface area contributed by atoms with Crippen LogP contribution in [0.25, 0.3) is 0 Å². The highest BCUT2D eigenvalue weighted by Crippen LogP contribution is 2.35. The standard InChI is InChI=1S/C12H14N4O2/c1-16-7-14-11(15-16)6-13-5-9-3-2-4-10-12(9)18-8-17-10/h2-4,7,13H,5-6,8H2,1H3. The van der Waals surface area contributed by atoms with Crippen LogP contribution < -0.4 is 14.8 Å². The second-order valence-corrected chi connectivity index (χ2v) is 4.09. The van der Waals surface area contributed by atoms with Crippen molar-refractivity contribution >= 4 is 0 Å². The lowest BCUT2D eigenvalue weighted by atomic mass is 10.2. The Morgan fingerprint density at radius 1 is 1.33 bits per heavy atom. The van der Waals surface area contributed by atoms with Gasteiger partial charge in [-0.2, -0.15) is 5.10 Å². The van der Waals surface area contributed by atoms with Gasteiger partial charge in [-0.3, -0.25) is 4.68 Å². The van der Waals surface area contributed by atoms with Crippen LogP contribution in [0.2, 0.25) is 0 Å². The number of nitrogens with zero attached hydrogens (tertiary/aromatic N) is 3. The van der Waals surface area contributed by atoms with Gasteiger partial charge < -0.3 is 14.8 Å². The monoisotopic (exact) mass is 246 g/mol. The number of hydrogen-bond donors (Lipinski definition) is 1. The summed E-state index contributed by atoms with van der Waals surface area (Å²) < 4.78 is 12.5. The molecule has 0 unspecified atom stereocenters. The van der Waals surface area contributed by atoms with E-state index in [1.54, 1.807) is 11.0 Å². The molecule has 0 radical (unpaired) electrons. The summed E-state index contributed by atoms with van der Waals surface area (Å²) >= 11 is 0. The molecule has 18 heavy (non-hydrogen) atoms. The smallest absolute Gasteiger partial charge is 0.231 e. The molecule has 6 nitrogen and oxygen atoms in total. The summed E-state index contributed by atoms with van der Waals surface area (Å²) in [5.41, 5.74) is 1.08. The Morgan fingerprint density at radius 2 is 2.28 bits per heavy atom. The average molecular weight is 246 g/mol. The number of nitrogens with one attached hydrogen (secondary N) is 1. The maximum absolute atomic E-state index is 5.44. The number of fused-ring (bicyclic) bond motifs is 1. The van der Waals surface area contributed by atoms with Crippen molar-refractivity contribution in [3.63, 3.8) is 0 Å². The fraction of sp³-hybridized carbons (Fsp3) is 0.333. The van der Waals surface area contributed by atoms with Crippen LogP contribution >= 0.6 is 0 Å². The number of hydrogen-bond acceptors (Lipinski definition) is 5. The van der Waals surface area contributed by atoms with Gasteiger partial charge >= 0.3 is 0 Å². The van der Waals surface area contributed by atoms with Gasteiger partial charge in [0.05, 0.1) is 6.54 Å². The number of aryl methyl sites for hydroxylation is 1. The first kappa shape index (κ1) is 11.0. The minimum atomic E-state index is 0.300. The molecule has 0 fully saturated rings. The first-order valence-corrected chi connectivity index (χ1v) is 5.75. The maximum atomic E-state index is 5.44. The lowest BCUT2D eigenvalue weighted by molar-refractivity contribution is 0.173. The highest BCUT2D eigenvalue weighted by atomic mass is 16.7. The molecule has 94 valence electrons. The average Bonchev–Trinajstić information content (AvgIpc) is 2.98. The maximum Gasteiger partial charge on any atom is 0.231 e. The third kappa shape index (κ3) is 2.14. The molecule has 2 aromatic rings. The van der Waals surface area contributed by atoms with E-state index in [-0.39, 0.29) is 0 Å². The largest absolute Gasteiger partial charge is 0.454 e. The van der Waals surface area contributed by atoms with Gasteiger partial charge in [0.15, 0.2) is 17.3 Å². The first-order valence-electron chi connectivity index (χ1n) is 5.75. The minimum Gasteiger partial charge on any atom is -0.454 e. The Morgan fingerprint density at radius 3 is 3.11 bits per heavy atom. The SMILES string of the molecule is Cn1cnc(CNCc2cccc3c2OCO3)n1. The van der Waals surface area contributed by atoms with E-state index in [1.165, 1.54) is 0 Å². The molecule has 0 saturated heterocycles. The molecule has 1 aromatic heterocycles. The highest BCUT2D eigenvalue weighted by molar-refractivity contribution is 5.48. The summed E-state index contributed by atoms with van der Waals surface area (Å²) in [5.74, 6) is 2.42. The summed E-state index contributed by atoms with van der Waals surface area (Å²) in [7, 11) is 1.85. The number of ether oxygens (including phenoxy) is 2. The van der Waals surface area contributed by atoms with Crippen LogP contribution in [0.3, 0.4) is 0 Å². The van der Waals surface area contributed by atoms with Crippen LogP contribution in [0, 0.1) is 0 Å². The summed E-state index contributed by atoms with van der Waals surface area (Å²) in [5, 5.41) is 7.49.